The highest BCUT2D eigenvalue weighted by atomic mass is 16.5. The van der Waals surface area contributed by atoms with Crippen LogP contribution < -0.4 is 15.4 Å². The Morgan fingerprint density at radius 1 is 1.15 bits per heavy atom. The van der Waals surface area contributed by atoms with Gasteiger partial charge in [0, 0.05) is 25.3 Å². The largest absolute Gasteiger partial charge is 0.497 e. The first kappa shape index (κ1) is 14.4. The summed E-state index contributed by atoms with van der Waals surface area (Å²) in [6.45, 7) is 2.84. The van der Waals surface area contributed by atoms with Crippen LogP contribution in [-0.4, -0.2) is 14.2 Å². The third-order valence-corrected chi connectivity index (χ3v) is 3.41. The predicted octanol–water partition coefficient (Wildman–Crippen LogP) is 3.35. The fraction of sp³-hybridized carbons (Fsp3) is 0.294. The van der Waals surface area contributed by atoms with Gasteiger partial charge in [0.25, 0.3) is 0 Å². The molecule has 0 saturated carbocycles. The molecule has 0 aliphatic rings. The fourth-order valence-corrected chi connectivity index (χ4v) is 2.17. The summed E-state index contributed by atoms with van der Waals surface area (Å²) in [5, 5.41) is 0. The first-order valence-corrected chi connectivity index (χ1v) is 6.80. The van der Waals surface area contributed by atoms with Crippen molar-refractivity contribution < 1.29 is 4.74 Å². The second kappa shape index (κ2) is 6.44. The van der Waals surface area contributed by atoms with Crippen LogP contribution in [0.4, 0.5) is 5.69 Å². The van der Waals surface area contributed by atoms with E-state index in [4.69, 9.17) is 10.5 Å². The highest BCUT2D eigenvalue weighted by Crippen LogP contribution is 2.20. The Balaban J connectivity index is 2.08. The molecular weight excluding hydrogens is 248 g/mol. The Bertz CT molecular complexity index is 549. The first-order valence-electron chi connectivity index (χ1n) is 6.80. The number of nitrogens with two attached hydrogens (primary N) is 1. The Kier molecular flexibility index (Phi) is 4.64. The standard InChI is InChI=1S/C17H22N2O/c1-13(18)15-7-9-16(10-8-15)19(2)12-14-5-4-6-17(11-14)20-3/h4-11,13H,12,18H2,1-3H3/t13-/m0/s1. The molecule has 0 bridgehead atoms. The molecule has 2 aromatic carbocycles. The van der Waals surface area contributed by atoms with E-state index in [0.717, 1.165) is 17.9 Å². The summed E-state index contributed by atoms with van der Waals surface area (Å²) in [5.41, 5.74) is 9.43. The molecule has 0 saturated heterocycles. The van der Waals surface area contributed by atoms with E-state index < -0.39 is 0 Å². The molecular formula is C17H22N2O. The highest BCUT2D eigenvalue weighted by Gasteiger charge is 2.04. The molecule has 3 nitrogen and oxygen atoms in total. The lowest BCUT2D eigenvalue weighted by atomic mass is 10.1. The molecule has 106 valence electrons. The smallest absolute Gasteiger partial charge is 0.119 e. The highest BCUT2D eigenvalue weighted by molar-refractivity contribution is 5.48. The van der Waals surface area contributed by atoms with E-state index in [1.165, 1.54) is 11.3 Å². The molecule has 0 radical (unpaired) electrons. The quantitative estimate of drug-likeness (QED) is 0.905. The molecule has 0 aliphatic carbocycles. The van der Waals surface area contributed by atoms with Gasteiger partial charge in [0.2, 0.25) is 0 Å². The van der Waals surface area contributed by atoms with Crippen molar-refractivity contribution in [3.63, 3.8) is 0 Å². The molecule has 1 atom stereocenters. The van der Waals surface area contributed by atoms with Crippen LogP contribution in [0.15, 0.2) is 48.5 Å². The molecule has 2 aromatic rings. The zero-order valence-electron chi connectivity index (χ0n) is 12.3. The van der Waals surface area contributed by atoms with Gasteiger partial charge in [-0.2, -0.15) is 0 Å². The van der Waals surface area contributed by atoms with Gasteiger partial charge in [-0.25, -0.2) is 0 Å². The van der Waals surface area contributed by atoms with Crippen LogP contribution in [0.2, 0.25) is 0 Å². The van der Waals surface area contributed by atoms with Crippen molar-refractivity contribution in [2.75, 3.05) is 19.1 Å². The molecule has 0 spiro atoms. The summed E-state index contributed by atoms with van der Waals surface area (Å²) in [7, 11) is 3.77. The van der Waals surface area contributed by atoms with Crippen LogP contribution in [0.1, 0.15) is 24.1 Å². The number of methoxy groups -OCH3 is 1. The van der Waals surface area contributed by atoms with E-state index >= 15 is 0 Å². The molecule has 20 heavy (non-hydrogen) atoms. The van der Waals surface area contributed by atoms with Crippen molar-refractivity contribution in [1.82, 2.24) is 0 Å². The lowest BCUT2D eigenvalue weighted by molar-refractivity contribution is 0.414. The van der Waals surface area contributed by atoms with Gasteiger partial charge in [-0.15, -0.1) is 0 Å². The minimum Gasteiger partial charge on any atom is -0.497 e. The van der Waals surface area contributed by atoms with Crippen molar-refractivity contribution >= 4 is 5.69 Å². The lowest BCUT2D eigenvalue weighted by Gasteiger charge is -2.20. The summed E-state index contributed by atoms with van der Waals surface area (Å²) < 4.78 is 5.25. The summed E-state index contributed by atoms with van der Waals surface area (Å²) in [5.74, 6) is 0.892. The molecule has 0 fully saturated rings. The minimum absolute atomic E-state index is 0.0766. The van der Waals surface area contributed by atoms with Crippen molar-refractivity contribution in [1.29, 1.82) is 0 Å². The Morgan fingerprint density at radius 2 is 1.85 bits per heavy atom. The Hall–Kier alpha value is -2.00. The minimum atomic E-state index is 0.0766. The van der Waals surface area contributed by atoms with Crippen LogP contribution in [-0.2, 0) is 6.54 Å². The molecule has 2 N–H and O–H groups in total. The SMILES string of the molecule is COc1cccc(CN(C)c2ccc([C@H](C)N)cc2)c1. The van der Waals surface area contributed by atoms with Crippen molar-refractivity contribution in [3.8, 4) is 5.75 Å². The van der Waals surface area contributed by atoms with Crippen LogP contribution >= 0.6 is 0 Å². The lowest BCUT2D eigenvalue weighted by Crippen LogP contribution is -2.16. The monoisotopic (exact) mass is 270 g/mol. The van der Waals surface area contributed by atoms with Crippen molar-refractivity contribution in [2.45, 2.75) is 19.5 Å². The van der Waals surface area contributed by atoms with Gasteiger partial charge in [0.1, 0.15) is 5.75 Å². The van der Waals surface area contributed by atoms with E-state index in [2.05, 4.69) is 48.3 Å². The predicted molar refractivity (Wildman–Crippen MR) is 84.1 cm³/mol. The van der Waals surface area contributed by atoms with Gasteiger partial charge in [-0.1, -0.05) is 24.3 Å². The average molecular weight is 270 g/mol. The first-order chi connectivity index (χ1) is 9.60. The van der Waals surface area contributed by atoms with Crippen LogP contribution in [0.5, 0.6) is 5.75 Å². The zero-order chi connectivity index (χ0) is 14.5. The number of benzene rings is 2. The maximum absolute atomic E-state index is 5.87. The summed E-state index contributed by atoms with van der Waals surface area (Å²) >= 11 is 0. The number of anilines is 1. The maximum atomic E-state index is 5.87. The van der Waals surface area contributed by atoms with Crippen LogP contribution in [0, 0.1) is 0 Å². The number of ether oxygens (including phenoxy) is 1. The summed E-state index contributed by atoms with van der Waals surface area (Å²) in [6.07, 6.45) is 0. The van der Waals surface area contributed by atoms with Gasteiger partial charge >= 0.3 is 0 Å². The molecule has 2 rings (SSSR count). The number of rotatable bonds is 5. The number of hydrogen-bond donors (Lipinski definition) is 1. The zero-order valence-corrected chi connectivity index (χ0v) is 12.3. The Morgan fingerprint density at radius 3 is 2.45 bits per heavy atom. The van der Waals surface area contributed by atoms with E-state index in [-0.39, 0.29) is 6.04 Å². The van der Waals surface area contributed by atoms with E-state index in [1.807, 2.05) is 19.1 Å². The second-order valence-corrected chi connectivity index (χ2v) is 5.09. The molecule has 3 heteroatoms. The van der Waals surface area contributed by atoms with Gasteiger partial charge in [0.05, 0.1) is 7.11 Å². The van der Waals surface area contributed by atoms with E-state index in [9.17, 15) is 0 Å². The molecule has 0 aliphatic heterocycles. The molecule has 0 heterocycles. The molecule has 0 amide bonds. The molecule has 0 unspecified atom stereocenters. The van der Waals surface area contributed by atoms with E-state index in [0.29, 0.717) is 0 Å². The van der Waals surface area contributed by atoms with Gasteiger partial charge in [-0.3, -0.25) is 0 Å². The average Bonchev–Trinajstić information content (AvgIpc) is 2.47. The number of nitrogens with zero attached hydrogens (tertiary/aromatic N) is 1. The fourth-order valence-electron chi connectivity index (χ4n) is 2.17. The van der Waals surface area contributed by atoms with Crippen molar-refractivity contribution in [3.05, 3.63) is 59.7 Å². The van der Waals surface area contributed by atoms with Crippen LogP contribution in [0.25, 0.3) is 0 Å². The van der Waals surface area contributed by atoms with Crippen molar-refractivity contribution in [2.24, 2.45) is 5.73 Å². The maximum Gasteiger partial charge on any atom is 0.119 e. The van der Waals surface area contributed by atoms with Gasteiger partial charge < -0.3 is 15.4 Å². The summed E-state index contributed by atoms with van der Waals surface area (Å²) in [6, 6.07) is 16.6. The summed E-state index contributed by atoms with van der Waals surface area (Å²) in [4.78, 5) is 2.21. The van der Waals surface area contributed by atoms with Gasteiger partial charge in [-0.05, 0) is 42.3 Å². The topological polar surface area (TPSA) is 38.5 Å². The normalized spacial score (nSPS) is 12.0. The van der Waals surface area contributed by atoms with E-state index in [1.54, 1.807) is 7.11 Å². The Labute approximate surface area is 121 Å². The van der Waals surface area contributed by atoms with Gasteiger partial charge in [0.15, 0.2) is 0 Å². The third-order valence-electron chi connectivity index (χ3n) is 3.41. The molecule has 0 aromatic heterocycles. The number of hydrogen-bond acceptors (Lipinski definition) is 3. The second-order valence-electron chi connectivity index (χ2n) is 5.09. The van der Waals surface area contributed by atoms with Crippen LogP contribution in [0.3, 0.4) is 0 Å². The third kappa shape index (κ3) is 3.52.